The molecule has 2 saturated carbocycles. The summed E-state index contributed by atoms with van der Waals surface area (Å²) in [4.78, 5) is 0. The molecule has 1 spiro atoms. The lowest BCUT2D eigenvalue weighted by molar-refractivity contribution is -0.130. The van der Waals surface area contributed by atoms with Gasteiger partial charge in [-0.15, -0.1) is 0 Å². The fourth-order valence-electron chi connectivity index (χ4n) is 4.02. The Morgan fingerprint density at radius 2 is 1.82 bits per heavy atom. The standard InChI is InChI=1S/C15H27NO/c1-11(2)12-5-7-15(8-6-12)14(13-3-4-13)16-9-10-17-15/h11-14,16H,3-10H2,1-2H3. The van der Waals surface area contributed by atoms with E-state index in [1.807, 2.05) is 0 Å². The molecule has 0 bridgehead atoms. The Balaban J connectivity index is 1.68. The number of hydrogen-bond donors (Lipinski definition) is 1. The van der Waals surface area contributed by atoms with Crippen LogP contribution in [0.3, 0.4) is 0 Å². The Morgan fingerprint density at radius 3 is 2.41 bits per heavy atom. The van der Waals surface area contributed by atoms with Crippen LogP contribution in [0.4, 0.5) is 0 Å². The molecule has 1 N–H and O–H groups in total. The second-order valence-electron chi connectivity index (χ2n) is 6.76. The lowest BCUT2D eigenvalue weighted by Crippen LogP contribution is -2.60. The molecule has 2 aliphatic carbocycles. The summed E-state index contributed by atoms with van der Waals surface area (Å²) in [7, 11) is 0. The fraction of sp³-hybridized carbons (Fsp3) is 1.00. The zero-order valence-corrected chi connectivity index (χ0v) is 11.4. The van der Waals surface area contributed by atoms with Crippen molar-refractivity contribution in [3.63, 3.8) is 0 Å². The van der Waals surface area contributed by atoms with Crippen molar-refractivity contribution >= 4 is 0 Å². The van der Waals surface area contributed by atoms with Crippen LogP contribution in [0.5, 0.6) is 0 Å². The number of rotatable bonds is 2. The maximum Gasteiger partial charge on any atom is 0.0838 e. The minimum absolute atomic E-state index is 0.213. The van der Waals surface area contributed by atoms with Gasteiger partial charge in [0.15, 0.2) is 0 Å². The first-order chi connectivity index (χ1) is 8.21. The van der Waals surface area contributed by atoms with Gasteiger partial charge < -0.3 is 10.1 Å². The minimum atomic E-state index is 0.213. The molecule has 1 atom stereocenters. The monoisotopic (exact) mass is 237 g/mol. The molecule has 0 amide bonds. The fourth-order valence-corrected chi connectivity index (χ4v) is 4.02. The molecule has 0 aromatic carbocycles. The first kappa shape index (κ1) is 12.0. The van der Waals surface area contributed by atoms with Gasteiger partial charge in [0.25, 0.3) is 0 Å². The number of nitrogens with one attached hydrogen (secondary N) is 1. The maximum absolute atomic E-state index is 6.29. The van der Waals surface area contributed by atoms with Crippen molar-refractivity contribution in [1.29, 1.82) is 0 Å². The summed E-state index contributed by atoms with van der Waals surface area (Å²) < 4.78 is 6.29. The van der Waals surface area contributed by atoms with Crippen LogP contribution >= 0.6 is 0 Å². The molecule has 1 unspecified atom stereocenters. The van der Waals surface area contributed by atoms with Crippen molar-refractivity contribution in [3.05, 3.63) is 0 Å². The average Bonchev–Trinajstić information content (AvgIpc) is 3.14. The molecule has 0 aromatic rings. The van der Waals surface area contributed by atoms with E-state index in [4.69, 9.17) is 4.74 Å². The predicted molar refractivity (Wildman–Crippen MR) is 70.0 cm³/mol. The maximum atomic E-state index is 6.29. The van der Waals surface area contributed by atoms with E-state index in [-0.39, 0.29) is 5.60 Å². The SMILES string of the molecule is CC(C)C1CCC2(CC1)OCCNC2C1CC1. The molecule has 98 valence electrons. The van der Waals surface area contributed by atoms with Crippen LogP contribution in [0.1, 0.15) is 52.4 Å². The van der Waals surface area contributed by atoms with E-state index in [9.17, 15) is 0 Å². The van der Waals surface area contributed by atoms with Crippen molar-refractivity contribution in [3.8, 4) is 0 Å². The van der Waals surface area contributed by atoms with Gasteiger partial charge in [-0.2, -0.15) is 0 Å². The van der Waals surface area contributed by atoms with Gasteiger partial charge in [0, 0.05) is 12.6 Å². The van der Waals surface area contributed by atoms with Crippen LogP contribution < -0.4 is 5.32 Å². The lowest BCUT2D eigenvalue weighted by Gasteiger charge is -2.49. The van der Waals surface area contributed by atoms with Gasteiger partial charge in [-0.3, -0.25) is 0 Å². The van der Waals surface area contributed by atoms with Gasteiger partial charge in [-0.1, -0.05) is 13.8 Å². The van der Waals surface area contributed by atoms with Crippen LogP contribution in [-0.2, 0) is 4.74 Å². The number of hydrogen-bond acceptors (Lipinski definition) is 2. The van der Waals surface area contributed by atoms with Crippen LogP contribution in [0.25, 0.3) is 0 Å². The smallest absolute Gasteiger partial charge is 0.0838 e. The highest BCUT2D eigenvalue weighted by Gasteiger charge is 2.50. The Morgan fingerprint density at radius 1 is 1.12 bits per heavy atom. The Hall–Kier alpha value is -0.0800. The molecular formula is C15H27NO. The summed E-state index contributed by atoms with van der Waals surface area (Å²) >= 11 is 0. The number of ether oxygens (including phenoxy) is 1. The van der Waals surface area contributed by atoms with E-state index in [0.29, 0.717) is 6.04 Å². The Bertz CT molecular complexity index is 264. The van der Waals surface area contributed by atoms with Crippen LogP contribution in [-0.4, -0.2) is 24.8 Å². The third-order valence-electron chi connectivity index (χ3n) is 5.34. The average molecular weight is 237 g/mol. The summed E-state index contributed by atoms with van der Waals surface area (Å²) in [5.41, 5.74) is 0.213. The Kier molecular flexibility index (Phi) is 3.20. The third kappa shape index (κ3) is 2.26. The third-order valence-corrected chi connectivity index (χ3v) is 5.34. The van der Waals surface area contributed by atoms with Crippen molar-refractivity contribution in [2.75, 3.05) is 13.2 Å². The normalized spacial score (nSPS) is 43.2. The quantitative estimate of drug-likeness (QED) is 0.797. The molecule has 17 heavy (non-hydrogen) atoms. The number of morpholine rings is 1. The van der Waals surface area contributed by atoms with E-state index >= 15 is 0 Å². The molecule has 3 rings (SSSR count). The second kappa shape index (κ2) is 4.55. The highest BCUT2D eigenvalue weighted by atomic mass is 16.5. The van der Waals surface area contributed by atoms with Crippen molar-refractivity contribution < 1.29 is 4.74 Å². The summed E-state index contributed by atoms with van der Waals surface area (Å²) in [5, 5.41) is 3.76. The molecule has 3 fully saturated rings. The van der Waals surface area contributed by atoms with Gasteiger partial charge in [-0.05, 0) is 56.3 Å². The summed E-state index contributed by atoms with van der Waals surface area (Å²) in [6.07, 6.45) is 8.20. The van der Waals surface area contributed by atoms with Gasteiger partial charge in [0.2, 0.25) is 0 Å². The van der Waals surface area contributed by atoms with Crippen molar-refractivity contribution in [1.82, 2.24) is 5.32 Å². The van der Waals surface area contributed by atoms with Gasteiger partial charge in [-0.25, -0.2) is 0 Å². The van der Waals surface area contributed by atoms with Crippen LogP contribution in [0.15, 0.2) is 0 Å². The summed E-state index contributed by atoms with van der Waals surface area (Å²) in [6.45, 7) is 6.74. The molecule has 1 aliphatic heterocycles. The lowest BCUT2D eigenvalue weighted by atomic mass is 9.70. The second-order valence-corrected chi connectivity index (χ2v) is 6.76. The van der Waals surface area contributed by atoms with E-state index in [2.05, 4.69) is 19.2 Å². The van der Waals surface area contributed by atoms with Crippen molar-refractivity contribution in [2.24, 2.45) is 17.8 Å². The van der Waals surface area contributed by atoms with E-state index in [1.165, 1.54) is 38.5 Å². The highest BCUT2D eigenvalue weighted by Crippen LogP contribution is 2.47. The Labute approximate surface area is 105 Å². The molecule has 1 heterocycles. The summed E-state index contributed by atoms with van der Waals surface area (Å²) in [6, 6.07) is 0.671. The van der Waals surface area contributed by atoms with Crippen LogP contribution in [0.2, 0.25) is 0 Å². The zero-order chi connectivity index (χ0) is 11.9. The molecular weight excluding hydrogens is 210 g/mol. The van der Waals surface area contributed by atoms with Gasteiger partial charge >= 0.3 is 0 Å². The molecule has 2 nitrogen and oxygen atoms in total. The van der Waals surface area contributed by atoms with E-state index in [1.54, 1.807) is 0 Å². The molecule has 1 saturated heterocycles. The van der Waals surface area contributed by atoms with E-state index in [0.717, 1.165) is 30.9 Å². The van der Waals surface area contributed by atoms with Crippen LogP contribution in [0, 0.1) is 17.8 Å². The zero-order valence-electron chi connectivity index (χ0n) is 11.4. The highest BCUT2D eigenvalue weighted by molar-refractivity contribution is 5.05. The first-order valence-electron chi connectivity index (χ1n) is 7.59. The van der Waals surface area contributed by atoms with E-state index < -0.39 is 0 Å². The molecule has 3 aliphatic rings. The predicted octanol–water partition coefficient (Wildman–Crippen LogP) is 2.97. The summed E-state index contributed by atoms with van der Waals surface area (Å²) in [5.74, 6) is 2.71. The van der Waals surface area contributed by atoms with Gasteiger partial charge in [0.05, 0.1) is 12.2 Å². The topological polar surface area (TPSA) is 21.3 Å². The first-order valence-corrected chi connectivity index (χ1v) is 7.59. The molecule has 0 radical (unpaired) electrons. The largest absolute Gasteiger partial charge is 0.372 e. The molecule has 2 heteroatoms. The minimum Gasteiger partial charge on any atom is -0.372 e. The van der Waals surface area contributed by atoms with Crippen molar-refractivity contribution in [2.45, 2.75) is 64.0 Å². The van der Waals surface area contributed by atoms with Gasteiger partial charge in [0.1, 0.15) is 0 Å². The molecule has 0 aromatic heterocycles.